The van der Waals surface area contributed by atoms with Crippen LogP contribution in [-0.4, -0.2) is 30.5 Å². The lowest BCUT2D eigenvalue weighted by Gasteiger charge is -2.31. The first-order valence-corrected chi connectivity index (χ1v) is 5.16. The van der Waals surface area contributed by atoms with Gasteiger partial charge in [0.1, 0.15) is 0 Å². The van der Waals surface area contributed by atoms with Gasteiger partial charge in [0.15, 0.2) is 0 Å². The van der Waals surface area contributed by atoms with Crippen LogP contribution in [0.2, 0.25) is 0 Å². The molecule has 1 aliphatic heterocycles. The molecule has 1 nitrogen and oxygen atoms in total. The number of piperidine rings is 1. The molecule has 0 spiro atoms. The number of nitrogens with zero attached hydrogens (tertiary/aromatic N) is 1. The Balaban J connectivity index is 0.000000424. The summed E-state index contributed by atoms with van der Waals surface area (Å²) in [4.78, 5) is 1.80. The van der Waals surface area contributed by atoms with Crippen molar-refractivity contribution in [2.75, 3.05) is 19.6 Å². The van der Waals surface area contributed by atoms with E-state index in [0.717, 1.165) is 13.1 Å². The average Bonchev–Trinajstić information content (AvgIpc) is 2.04. The highest BCUT2D eigenvalue weighted by molar-refractivity contribution is 4.77. The molecule has 0 unspecified atom stereocenters. The molecule has 0 aromatic rings. The lowest BCUT2D eigenvalue weighted by atomic mass is 10.1. The van der Waals surface area contributed by atoms with Crippen LogP contribution >= 0.6 is 0 Å². The number of likely N-dealkylation sites (tertiary alicyclic amines) is 1. The second-order valence-corrected chi connectivity index (χ2v) is 3.54. The number of alkyl halides is 2. The molecule has 0 N–H and O–H groups in total. The molecule has 1 heterocycles. The zero-order chi connectivity index (χ0) is 10.3. The average molecular weight is 193 g/mol. The van der Waals surface area contributed by atoms with E-state index in [9.17, 15) is 8.78 Å². The van der Waals surface area contributed by atoms with Gasteiger partial charge in [-0.25, -0.2) is 8.78 Å². The normalized spacial score (nSPS) is 21.9. The van der Waals surface area contributed by atoms with Gasteiger partial charge in [-0.2, -0.15) is 0 Å². The maximum atomic E-state index is 12.6. The fourth-order valence-electron chi connectivity index (χ4n) is 1.32. The van der Waals surface area contributed by atoms with Crippen LogP contribution in [0.15, 0.2) is 0 Å². The summed E-state index contributed by atoms with van der Waals surface area (Å²) in [6, 6.07) is 0. The van der Waals surface area contributed by atoms with Gasteiger partial charge in [0.05, 0.1) is 6.54 Å². The summed E-state index contributed by atoms with van der Waals surface area (Å²) in [6.45, 7) is 7.71. The van der Waals surface area contributed by atoms with E-state index < -0.39 is 5.92 Å². The van der Waals surface area contributed by atoms with E-state index >= 15 is 0 Å². The van der Waals surface area contributed by atoms with Gasteiger partial charge in [0, 0.05) is 6.42 Å². The van der Waals surface area contributed by atoms with Crippen molar-refractivity contribution in [2.24, 2.45) is 0 Å². The van der Waals surface area contributed by atoms with Crippen molar-refractivity contribution in [1.29, 1.82) is 0 Å². The first-order valence-electron chi connectivity index (χ1n) is 5.16. The monoisotopic (exact) mass is 193 g/mol. The topological polar surface area (TPSA) is 3.24 Å². The van der Waals surface area contributed by atoms with E-state index in [2.05, 4.69) is 13.8 Å². The number of hydrogen-bond acceptors (Lipinski definition) is 1. The van der Waals surface area contributed by atoms with Crippen LogP contribution < -0.4 is 0 Å². The Morgan fingerprint density at radius 2 is 1.77 bits per heavy atom. The zero-order valence-corrected chi connectivity index (χ0v) is 8.95. The molecular weight excluding hydrogens is 172 g/mol. The van der Waals surface area contributed by atoms with Crippen LogP contribution in [0.3, 0.4) is 0 Å². The summed E-state index contributed by atoms with van der Waals surface area (Å²) in [7, 11) is 0. The molecule has 1 fully saturated rings. The van der Waals surface area contributed by atoms with Crippen molar-refractivity contribution in [1.82, 2.24) is 4.90 Å². The molecule has 0 bridgehead atoms. The zero-order valence-electron chi connectivity index (χ0n) is 8.95. The fraction of sp³-hybridized carbons (Fsp3) is 1.00. The molecule has 0 aromatic heterocycles. The Labute approximate surface area is 80.1 Å². The molecule has 0 aromatic carbocycles. The van der Waals surface area contributed by atoms with E-state index in [1.807, 2.05) is 6.92 Å². The molecule has 0 amide bonds. The minimum Gasteiger partial charge on any atom is -0.298 e. The van der Waals surface area contributed by atoms with Gasteiger partial charge < -0.3 is 0 Å². The molecular formula is C10H21F2N. The van der Waals surface area contributed by atoms with Crippen molar-refractivity contribution in [3.8, 4) is 0 Å². The van der Waals surface area contributed by atoms with Crippen LogP contribution in [0, 0.1) is 0 Å². The minimum absolute atomic E-state index is 0.0382. The third-order valence-electron chi connectivity index (χ3n) is 1.92. The number of halogens is 2. The molecule has 0 atom stereocenters. The number of hydrogen-bond donors (Lipinski definition) is 0. The lowest BCUT2D eigenvalue weighted by molar-refractivity contribution is -0.0625. The summed E-state index contributed by atoms with van der Waals surface area (Å²) >= 11 is 0. The second kappa shape index (κ2) is 6.30. The Hall–Kier alpha value is -0.180. The van der Waals surface area contributed by atoms with E-state index in [1.165, 1.54) is 6.42 Å². The van der Waals surface area contributed by atoms with Gasteiger partial charge >= 0.3 is 0 Å². The molecule has 13 heavy (non-hydrogen) atoms. The van der Waals surface area contributed by atoms with Crippen molar-refractivity contribution in [3.63, 3.8) is 0 Å². The quantitative estimate of drug-likeness (QED) is 0.618. The third-order valence-corrected chi connectivity index (χ3v) is 1.92. The first kappa shape index (κ1) is 12.8. The van der Waals surface area contributed by atoms with Gasteiger partial charge in [-0.05, 0) is 19.5 Å². The van der Waals surface area contributed by atoms with Crippen LogP contribution in [0.5, 0.6) is 0 Å². The molecule has 1 saturated heterocycles. The minimum atomic E-state index is -2.42. The Kier molecular flexibility index (Phi) is 6.21. The van der Waals surface area contributed by atoms with Crippen molar-refractivity contribution < 1.29 is 8.78 Å². The summed E-state index contributed by atoms with van der Waals surface area (Å²) in [6.07, 6.45) is 1.96. The van der Waals surface area contributed by atoms with E-state index in [0.29, 0.717) is 6.42 Å². The SMILES string of the molecule is CCC.CCN1CCCC(F)(F)C1. The van der Waals surface area contributed by atoms with E-state index in [1.54, 1.807) is 4.90 Å². The molecule has 0 saturated carbocycles. The predicted octanol–water partition coefficient (Wildman–Crippen LogP) is 3.15. The standard InChI is InChI=1S/C7H13F2N.C3H8/c1-2-10-5-3-4-7(8,9)6-10;1-3-2/h2-6H2,1H3;3H2,1-2H3. The van der Waals surface area contributed by atoms with Gasteiger partial charge in [0.2, 0.25) is 0 Å². The van der Waals surface area contributed by atoms with Gasteiger partial charge in [0.25, 0.3) is 5.92 Å². The highest BCUT2D eigenvalue weighted by Crippen LogP contribution is 2.25. The van der Waals surface area contributed by atoms with Crippen LogP contribution in [0.4, 0.5) is 8.78 Å². The van der Waals surface area contributed by atoms with Gasteiger partial charge in [-0.1, -0.05) is 27.2 Å². The largest absolute Gasteiger partial charge is 0.298 e. The van der Waals surface area contributed by atoms with Gasteiger partial charge in [-0.15, -0.1) is 0 Å². The molecule has 80 valence electrons. The molecule has 3 heteroatoms. The lowest BCUT2D eigenvalue weighted by Crippen LogP contribution is -2.42. The summed E-state index contributed by atoms with van der Waals surface area (Å²) < 4.78 is 25.2. The molecule has 0 aliphatic carbocycles. The van der Waals surface area contributed by atoms with Crippen LogP contribution in [0.1, 0.15) is 40.0 Å². The highest BCUT2D eigenvalue weighted by Gasteiger charge is 2.34. The smallest absolute Gasteiger partial charge is 0.260 e. The van der Waals surface area contributed by atoms with Crippen LogP contribution in [0.25, 0.3) is 0 Å². The van der Waals surface area contributed by atoms with E-state index in [4.69, 9.17) is 0 Å². The Morgan fingerprint density at radius 3 is 2.08 bits per heavy atom. The Morgan fingerprint density at radius 1 is 1.23 bits per heavy atom. The van der Waals surface area contributed by atoms with E-state index in [-0.39, 0.29) is 13.0 Å². The van der Waals surface area contributed by atoms with Gasteiger partial charge in [-0.3, -0.25) is 4.90 Å². The predicted molar refractivity (Wildman–Crippen MR) is 52.3 cm³/mol. The molecule has 1 aliphatic rings. The van der Waals surface area contributed by atoms with Crippen molar-refractivity contribution >= 4 is 0 Å². The third kappa shape index (κ3) is 5.97. The summed E-state index contributed by atoms with van der Waals surface area (Å²) in [5.41, 5.74) is 0. The Bertz CT molecular complexity index is 126. The summed E-state index contributed by atoms with van der Waals surface area (Å²) in [5, 5.41) is 0. The van der Waals surface area contributed by atoms with Crippen molar-refractivity contribution in [3.05, 3.63) is 0 Å². The first-order chi connectivity index (χ1) is 6.05. The maximum Gasteiger partial charge on any atom is 0.260 e. The fourth-order valence-corrected chi connectivity index (χ4v) is 1.32. The molecule has 1 rings (SSSR count). The summed E-state index contributed by atoms with van der Waals surface area (Å²) in [5.74, 6) is -2.42. The second-order valence-electron chi connectivity index (χ2n) is 3.54. The maximum absolute atomic E-state index is 12.6. The molecule has 0 radical (unpaired) electrons. The van der Waals surface area contributed by atoms with Crippen molar-refractivity contribution in [2.45, 2.75) is 46.0 Å². The van der Waals surface area contributed by atoms with Crippen LogP contribution in [-0.2, 0) is 0 Å². The highest BCUT2D eigenvalue weighted by atomic mass is 19.3. The number of rotatable bonds is 1.